The Bertz CT molecular complexity index is 337. The molecular weight excluding hydrogens is 304 g/mol. The molecule has 4 atom stereocenters. The van der Waals surface area contributed by atoms with Gasteiger partial charge in [0.2, 0.25) is 0 Å². The van der Waals surface area contributed by atoms with Crippen LogP contribution in [0.4, 0.5) is 0 Å². The molecule has 0 aliphatic heterocycles. The van der Waals surface area contributed by atoms with Crippen LogP contribution >= 0.6 is 0 Å². The summed E-state index contributed by atoms with van der Waals surface area (Å²) in [4.78, 5) is 10.9. The Morgan fingerprint density at radius 2 is 1.20 bits per heavy atom. The van der Waals surface area contributed by atoms with Crippen molar-refractivity contribution in [2.45, 2.75) is 122 Å². The number of unbranched alkanes of at least 4 members (excludes halogenated alkanes) is 6. The highest BCUT2D eigenvalue weighted by molar-refractivity contribution is 5.53. The van der Waals surface area contributed by atoms with Gasteiger partial charge in [0.15, 0.2) is 0 Å². The molecule has 0 spiro atoms. The molecule has 0 N–H and O–H groups in total. The highest BCUT2D eigenvalue weighted by Gasteiger charge is 2.21. The minimum Gasteiger partial charge on any atom is -0.303 e. The van der Waals surface area contributed by atoms with Crippen molar-refractivity contribution in [3.05, 3.63) is 0 Å². The summed E-state index contributed by atoms with van der Waals surface area (Å²) in [6.45, 7) is 2.38. The van der Waals surface area contributed by atoms with E-state index in [1.54, 1.807) is 0 Å². The van der Waals surface area contributed by atoms with Gasteiger partial charge >= 0.3 is 0 Å². The van der Waals surface area contributed by atoms with Crippen LogP contribution in [0, 0.1) is 23.7 Å². The summed E-state index contributed by atoms with van der Waals surface area (Å²) in [5, 5.41) is 0. The third-order valence-electron chi connectivity index (χ3n) is 7.21. The predicted octanol–water partition coefficient (Wildman–Crippen LogP) is 7.72. The van der Waals surface area contributed by atoms with Crippen molar-refractivity contribution in [2.75, 3.05) is 0 Å². The molecule has 4 unspecified atom stereocenters. The van der Waals surface area contributed by atoms with E-state index in [1.807, 2.05) is 0 Å². The second-order valence-electron chi connectivity index (χ2n) is 9.29. The molecule has 0 amide bonds. The molecule has 0 aromatic heterocycles. The van der Waals surface area contributed by atoms with Crippen molar-refractivity contribution in [1.82, 2.24) is 0 Å². The van der Waals surface area contributed by atoms with Gasteiger partial charge in [0.05, 0.1) is 0 Å². The van der Waals surface area contributed by atoms with Crippen LogP contribution in [0.3, 0.4) is 0 Å². The summed E-state index contributed by atoms with van der Waals surface area (Å²) >= 11 is 0. The van der Waals surface area contributed by atoms with Crippen molar-refractivity contribution in [1.29, 1.82) is 0 Å². The Labute approximate surface area is 157 Å². The lowest BCUT2D eigenvalue weighted by Crippen LogP contribution is -2.16. The standard InChI is InChI=1S/C24H44O/c1-2-21-14-10-15-22(18-21)12-8-6-4-3-5-7-9-13-23-16-11-17-24(19-23)20-25/h20-24H,2-19H2,1H3. The fourth-order valence-corrected chi connectivity index (χ4v) is 5.50. The Kier molecular flexibility index (Phi) is 10.9. The molecule has 2 fully saturated rings. The van der Waals surface area contributed by atoms with E-state index in [1.165, 1.54) is 115 Å². The van der Waals surface area contributed by atoms with Gasteiger partial charge < -0.3 is 4.79 Å². The van der Waals surface area contributed by atoms with Gasteiger partial charge in [-0.2, -0.15) is 0 Å². The number of hydrogen-bond donors (Lipinski definition) is 0. The zero-order chi connectivity index (χ0) is 17.7. The predicted molar refractivity (Wildman–Crippen MR) is 109 cm³/mol. The third kappa shape index (κ3) is 8.74. The molecule has 2 saturated carbocycles. The molecule has 146 valence electrons. The van der Waals surface area contributed by atoms with Crippen LogP contribution in [0.1, 0.15) is 122 Å². The van der Waals surface area contributed by atoms with E-state index in [0.717, 1.165) is 24.2 Å². The van der Waals surface area contributed by atoms with Crippen LogP contribution in [0.25, 0.3) is 0 Å². The van der Waals surface area contributed by atoms with Gasteiger partial charge in [0, 0.05) is 5.92 Å². The average Bonchev–Trinajstić information content (AvgIpc) is 2.67. The second kappa shape index (κ2) is 12.9. The first-order valence-corrected chi connectivity index (χ1v) is 11.8. The van der Waals surface area contributed by atoms with E-state index in [0.29, 0.717) is 5.92 Å². The Morgan fingerprint density at radius 3 is 1.80 bits per heavy atom. The minimum absolute atomic E-state index is 0.385. The van der Waals surface area contributed by atoms with Gasteiger partial charge in [-0.1, -0.05) is 103 Å². The fourth-order valence-electron chi connectivity index (χ4n) is 5.50. The molecule has 1 heteroatoms. The summed E-state index contributed by atoms with van der Waals surface area (Å²) in [7, 11) is 0. The van der Waals surface area contributed by atoms with Crippen LogP contribution in [-0.2, 0) is 4.79 Å². The molecule has 0 bridgehead atoms. The second-order valence-corrected chi connectivity index (χ2v) is 9.29. The molecule has 0 heterocycles. The van der Waals surface area contributed by atoms with E-state index in [4.69, 9.17) is 0 Å². The third-order valence-corrected chi connectivity index (χ3v) is 7.21. The number of hydrogen-bond acceptors (Lipinski definition) is 1. The summed E-state index contributed by atoms with van der Waals surface area (Å²) in [5.41, 5.74) is 0. The molecule has 25 heavy (non-hydrogen) atoms. The topological polar surface area (TPSA) is 17.1 Å². The van der Waals surface area contributed by atoms with Crippen molar-refractivity contribution in [3.63, 3.8) is 0 Å². The summed E-state index contributed by atoms with van der Waals surface area (Å²) in [5.74, 6) is 3.34. The van der Waals surface area contributed by atoms with Gasteiger partial charge in [-0.15, -0.1) is 0 Å². The van der Waals surface area contributed by atoms with E-state index in [-0.39, 0.29) is 0 Å². The maximum atomic E-state index is 10.9. The van der Waals surface area contributed by atoms with Gasteiger partial charge in [0.25, 0.3) is 0 Å². The lowest BCUT2D eigenvalue weighted by atomic mass is 9.78. The van der Waals surface area contributed by atoms with Gasteiger partial charge in [0.1, 0.15) is 6.29 Å². The van der Waals surface area contributed by atoms with E-state index < -0.39 is 0 Å². The largest absolute Gasteiger partial charge is 0.303 e. The first kappa shape index (κ1) is 21.0. The number of rotatable bonds is 12. The van der Waals surface area contributed by atoms with Crippen molar-refractivity contribution >= 4 is 6.29 Å². The average molecular weight is 349 g/mol. The van der Waals surface area contributed by atoms with Crippen LogP contribution in [0.2, 0.25) is 0 Å². The fraction of sp³-hybridized carbons (Fsp3) is 0.958. The number of aldehydes is 1. The maximum absolute atomic E-state index is 10.9. The van der Waals surface area contributed by atoms with Crippen LogP contribution in [0.5, 0.6) is 0 Å². The summed E-state index contributed by atoms with van der Waals surface area (Å²) in [6, 6.07) is 0. The quantitative estimate of drug-likeness (QED) is 0.260. The van der Waals surface area contributed by atoms with Gasteiger partial charge in [-0.3, -0.25) is 0 Å². The normalized spacial score (nSPS) is 30.3. The zero-order valence-corrected chi connectivity index (χ0v) is 17.0. The molecule has 0 saturated heterocycles. The highest BCUT2D eigenvalue weighted by atomic mass is 16.1. The Morgan fingerprint density at radius 1 is 0.680 bits per heavy atom. The van der Waals surface area contributed by atoms with Gasteiger partial charge in [-0.05, 0) is 37.0 Å². The Hall–Kier alpha value is -0.330. The van der Waals surface area contributed by atoms with Crippen LogP contribution < -0.4 is 0 Å². The molecule has 2 rings (SSSR count). The molecule has 2 aliphatic rings. The van der Waals surface area contributed by atoms with Gasteiger partial charge in [-0.25, -0.2) is 0 Å². The zero-order valence-electron chi connectivity index (χ0n) is 17.0. The van der Waals surface area contributed by atoms with Crippen molar-refractivity contribution in [2.24, 2.45) is 23.7 Å². The highest BCUT2D eigenvalue weighted by Crippen LogP contribution is 2.34. The molecule has 2 aliphatic carbocycles. The maximum Gasteiger partial charge on any atom is 0.123 e. The lowest BCUT2D eigenvalue weighted by molar-refractivity contribution is -0.112. The molecular formula is C24H44O. The van der Waals surface area contributed by atoms with Crippen molar-refractivity contribution in [3.8, 4) is 0 Å². The SMILES string of the molecule is CCC1CCCC(CCCCCCCCCC2CCCC(C=O)C2)C1. The molecule has 0 radical (unpaired) electrons. The van der Waals surface area contributed by atoms with Crippen LogP contribution in [0.15, 0.2) is 0 Å². The minimum atomic E-state index is 0.385. The Balaban J connectivity index is 1.37. The number of carbonyl (C=O) groups is 1. The van der Waals surface area contributed by atoms with Crippen LogP contribution in [-0.4, -0.2) is 6.29 Å². The first-order valence-electron chi connectivity index (χ1n) is 11.8. The summed E-state index contributed by atoms with van der Waals surface area (Å²) in [6.07, 6.45) is 26.7. The molecule has 0 aromatic rings. The summed E-state index contributed by atoms with van der Waals surface area (Å²) < 4.78 is 0. The smallest absolute Gasteiger partial charge is 0.123 e. The van der Waals surface area contributed by atoms with E-state index in [2.05, 4.69) is 6.92 Å². The first-order chi connectivity index (χ1) is 12.3. The molecule has 0 aromatic carbocycles. The monoisotopic (exact) mass is 348 g/mol. The lowest BCUT2D eigenvalue weighted by Gasteiger charge is -2.28. The van der Waals surface area contributed by atoms with E-state index in [9.17, 15) is 4.79 Å². The van der Waals surface area contributed by atoms with Crippen molar-refractivity contribution < 1.29 is 4.79 Å². The molecule has 1 nitrogen and oxygen atoms in total. The van der Waals surface area contributed by atoms with E-state index >= 15 is 0 Å². The number of carbonyl (C=O) groups excluding carboxylic acids is 1.